The van der Waals surface area contributed by atoms with Crippen LogP contribution in [-0.2, 0) is 4.74 Å². The van der Waals surface area contributed by atoms with Crippen molar-refractivity contribution < 1.29 is 9.13 Å². The second kappa shape index (κ2) is 7.25. The van der Waals surface area contributed by atoms with Crippen LogP contribution in [0.3, 0.4) is 0 Å². The van der Waals surface area contributed by atoms with Crippen molar-refractivity contribution in [3.63, 3.8) is 0 Å². The highest BCUT2D eigenvalue weighted by molar-refractivity contribution is 5.45. The van der Waals surface area contributed by atoms with Gasteiger partial charge >= 0.3 is 0 Å². The molecule has 0 aliphatic rings. The summed E-state index contributed by atoms with van der Waals surface area (Å²) in [6.45, 7) is 1.50. The average Bonchev–Trinajstić information content (AvgIpc) is 2.30. The van der Waals surface area contributed by atoms with Crippen LogP contribution in [0.4, 0.5) is 10.1 Å². The Morgan fingerprint density at radius 3 is 2.59 bits per heavy atom. The van der Waals surface area contributed by atoms with E-state index in [1.165, 1.54) is 12.1 Å². The Labute approximate surface area is 102 Å². The van der Waals surface area contributed by atoms with Crippen LogP contribution in [0.25, 0.3) is 0 Å². The van der Waals surface area contributed by atoms with Crippen molar-refractivity contribution in [1.82, 2.24) is 0 Å². The predicted molar refractivity (Wildman–Crippen MR) is 68.8 cm³/mol. The molecule has 1 aromatic carbocycles. The minimum Gasteiger partial charge on any atom is -0.385 e. The van der Waals surface area contributed by atoms with Crippen LogP contribution in [0.1, 0.15) is 12.8 Å². The first kappa shape index (κ1) is 13.9. The molecule has 1 atom stereocenters. The van der Waals surface area contributed by atoms with Crippen LogP contribution in [0, 0.1) is 5.82 Å². The second-order valence-electron chi connectivity index (χ2n) is 4.25. The summed E-state index contributed by atoms with van der Waals surface area (Å²) in [7, 11) is 3.65. The maximum Gasteiger partial charge on any atom is 0.123 e. The second-order valence-corrected chi connectivity index (χ2v) is 4.25. The Morgan fingerprint density at radius 1 is 1.35 bits per heavy atom. The monoisotopic (exact) mass is 240 g/mol. The molecule has 0 radical (unpaired) electrons. The lowest BCUT2D eigenvalue weighted by Gasteiger charge is -2.23. The molecule has 1 aromatic rings. The largest absolute Gasteiger partial charge is 0.385 e. The van der Waals surface area contributed by atoms with Crippen LogP contribution >= 0.6 is 0 Å². The van der Waals surface area contributed by atoms with Crippen LogP contribution in [0.5, 0.6) is 0 Å². The lowest BCUT2D eigenvalue weighted by Crippen LogP contribution is -2.35. The van der Waals surface area contributed by atoms with Crippen molar-refractivity contribution in [2.45, 2.75) is 18.9 Å². The quantitative estimate of drug-likeness (QED) is 0.741. The maximum atomic E-state index is 12.8. The number of ether oxygens (including phenoxy) is 1. The van der Waals surface area contributed by atoms with E-state index >= 15 is 0 Å². The molecule has 0 aromatic heterocycles. The SMILES string of the molecule is COCCCC(N)CN(C)c1ccc(F)cc1. The third kappa shape index (κ3) is 5.15. The zero-order valence-electron chi connectivity index (χ0n) is 10.5. The molecule has 0 bridgehead atoms. The Hall–Kier alpha value is -1.13. The number of benzene rings is 1. The van der Waals surface area contributed by atoms with Crippen LogP contribution in [0.2, 0.25) is 0 Å². The van der Waals surface area contributed by atoms with Gasteiger partial charge in [-0.05, 0) is 37.1 Å². The van der Waals surface area contributed by atoms with E-state index in [2.05, 4.69) is 0 Å². The van der Waals surface area contributed by atoms with Crippen molar-refractivity contribution in [3.05, 3.63) is 30.1 Å². The first-order chi connectivity index (χ1) is 8.13. The summed E-state index contributed by atoms with van der Waals surface area (Å²) < 4.78 is 17.7. The molecule has 17 heavy (non-hydrogen) atoms. The summed E-state index contributed by atoms with van der Waals surface area (Å²) in [4.78, 5) is 2.04. The van der Waals surface area contributed by atoms with Gasteiger partial charge in [0.1, 0.15) is 5.82 Å². The molecule has 0 saturated heterocycles. The molecule has 0 amide bonds. The third-order valence-electron chi connectivity index (χ3n) is 2.70. The van der Waals surface area contributed by atoms with Gasteiger partial charge in [0.2, 0.25) is 0 Å². The van der Waals surface area contributed by atoms with Gasteiger partial charge in [0.25, 0.3) is 0 Å². The molecule has 4 heteroatoms. The fraction of sp³-hybridized carbons (Fsp3) is 0.538. The molecule has 1 unspecified atom stereocenters. The van der Waals surface area contributed by atoms with Crippen LogP contribution < -0.4 is 10.6 Å². The van der Waals surface area contributed by atoms with E-state index in [4.69, 9.17) is 10.5 Å². The lowest BCUT2D eigenvalue weighted by atomic mass is 10.1. The normalized spacial score (nSPS) is 12.5. The van der Waals surface area contributed by atoms with Gasteiger partial charge in [-0.25, -0.2) is 4.39 Å². The molecule has 96 valence electrons. The van der Waals surface area contributed by atoms with Crippen molar-refractivity contribution in [2.24, 2.45) is 5.73 Å². The number of nitrogens with zero attached hydrogens (tertiary/aromatic N) is 1. The molecule has 0 spiro atoms. The first-order valence-corrected chi connectivity index (χ1v) is 5.84. The average molecular weight is 240 g/mol. The molecule has 0 aliphatic heterocycles. The number of rotatable bonds is 7. The van der Waals surface area contributed by atoms with Crippen LogP contribution in [-0.4, -0.2) is 33.4 Å². The van der Waals surface area contributed by atoms with Gasteiger partial charge < -0.3 is 15.4 Å². The summed E-state index contributed by atoms with van der Waals surface area (Å²) in [5, 5.41) is 0. The van der Waals surface area contributed by atoms with Crippen molar-refractivity contribution in [3.8, 4) is 0 Å². The number of likely N-dealkylation sites (N-methyl/N-ethyl adjacent to an activating group) is 1. The molecule has 0 saturated carbocycles. The summed E-state index contributed by atoms with van der Waals surface area (Å²) in [5.41, 5.74) is 6.99. The van der Waals surface area contributed by atoms with Gasteiger partial charge in [0.15, 0.2) is 0 Å². The number of methoxy groups -OCH3 is 1. The van der Waals surface area contributed by atoms with Gasteiger partial charge in [-0.1, -0.05) is 0 Å². The van der Waals surface area contributed by atoms with E-state index in [0.29, 0.717) is 0 Å². The predicted octanol–water partition coefficient (Wildman–Crippen LogP) is 2.02. The zero-order chi connectivity index (χ0) is 12.7. The fourth-order valence-electron chi connectivity index (χ4n) is 1.73. The first-order valence-electron chi connectivity index (χ1n) is 5.84. The van der Waals surface area contributed by atoms with Gasteiger partial charge in [-0.3, -0.25) is 0 Å². The molecule has 0 aliphatic carbocycles. The molecule has 2 N–H and O–H groups in total. The van der Waals surface area contributed by atoms with E-state index in [1.54, 1.807) is 19.2 Å². The lowest BCUT2D eigenvalue weighted by molar-refractivity contribution is 0.190. The molecular formula is C13H21FN2O. The third-order valence-corrected chi connectivity index (χ3v) is 2.70. The van der Waals surface area contributed by atoms with Crippen molar-refractivity contribution >= 4 is 5.69 Å². The highest BCUT2D eigenvalue weighted by atomic mass is 19.1. The van der Waals surface area contributed by atoms with Gasteiger partial charge in [-0.15, -0.1) is 0 Å². The van der Waals surface area contributed by atoms with Gasteiger partial charge in [-0.2, -0.15) is 0 Å². The van der Waals surface area contributed by atoms with E-state index < -0.39 is 0 Å². The van der Waals surface area contributed by atoms with E-state index in [9.17, 15) is 4.39 Å². The summed E-state index contributed by atoms with van der Waals surface area (Å²) in [6.07, 6.45) is 1.90. The molecule has 3 nitrogen and oxygen atoms in total. The van der Waals surface area contributed by atoms with Crippen LogP contribution in [0.15, 0.2) is 24.3 Å². The highest BCUT2D eigenvalue weighted by Gasteiger charge is 2.07. The number of nitrogens with two attached hydrogens (primary N) is 1. The van der Waals surface area contributed by atoms with Crippen molar-refractivity contribution in [1.29, 1.82) is 0 Å². The summed E-state index contributed by atoms with van der Waals surface area (Å²) in [5.74, 6) is -0.216. The summed E-state index contributed by atoms with van der Waals surface area (Å²) in [6, 6.07) is 6.55. The standard InChI is InChI=1S/C13H21FN2O/c1-16(10-12(15)4-3-9-17-2)13-7-5-11(14)6-8-13/h5-8,12H,3-4,9-10,15H2,1-2H3. The molecular weight excluding hydrogens is 219 g/mol. The Balaban J connectivity index is 2.37. The van der Waals surface area contributed by atoms with Gasteiger partial charge in [0.05, 0.1) is 0 Å². The molecule has 0 fully saturated rings. The number of halogens is 1. The Kier molecular flexibility index (Phi) is 5.94. The van der Waals surface area contributed by atoms with Gasteiger partial charge in [0, 0.05) is 39.0 Å². The van der Waals surface area contributed by atoms with E-state index in [1.807, 2.05) is 11.9 Å². The smallest absolute Gasteiger partial charge is 0.123 e. The molecule has 1 rings (SSSR count). The number of hydrogen-bond acceptors (Lipinski definition) is 3. The van der Waals surface area contributed by atoms with Crippen molar-refractivity contribution in [2.75, 3.05) is 32.2 Å². The summed E-state index contributed by atoms with van der Waals surface area (Å²) >= 11 is 0. The topological polar surface area (TPSA) is 38.5 Å². The zero-order valence-corrected chi connectivity index (χ0v) is 10.5. The number of hydrogen-bond donors (Lipinski definition) is 1. The Morgan fingerprint density at radius 2 is 2.00 bits per heavy atom. The fourth-order valence-corrected chi connectivity index (χ4v) is 1.73. The highest BCUT2D eigenvalue weighted by Crippen LogP contribution is 2.13. The minimum absolute atomic E-state index is 0.111. The molecule has 0 heterocycles. The Bertz CT molecular complexity index is 316. The number of anilines is 1. The van der Waals surface area contributed by atoms with E-state index in [-0.39, 0.29) is 11.9 Å². The van der Waals surface area contributed by atoms with E-state index in [0.717, 1.165) is 31.7 Å². The maximum absolute atomic E-state index is 12.8. The minimum atomic E-state index is -0.216.